The van der Waals surface area contributed by atoms with Gasteiger partial charge in [-0.3, -0.25) is 4.79 Å². The molecule has 3 rings (SSSR count). The van der Waals surface area contributed by atoms with Gasteiger partial charge in [-0.25, -0.2) is 0 Å². The van der Waals surface area contributed by atoms with Crippen molar-refractivity contribution in [1.29, 1.82) is 0 Å². The van der Waals surface area contributed by atoms with Gasteiger partial charge in [-0.1, -0.05) is 19.3 Å². The highest BCUT2D eigenvalue weighted by Gasteiger charge is 2.40. The quantitative estimate of drug-likeness (QED) is 0.831. The molecule has 0 aromatic carbocycles. The second-order valence-electron chi connectivity index (χ2n) is 7.02. The fraction of sp³-hybridized carbons (Fsp3) is 0.938. The predicted octanol–water partition coefficient (Wildman–Crippen LogP) is 2.56. The minimum absolute atomic E-state index is 0.447. The van der Waals surface area contributed by atoms with Crippen molar-refractivity contribution in [3.05, 3.63) is 0 Å². The number of carbonyl (C=O) groups is 1. The smallest absolute Gasteiger partial charge is 0.222 e. The van der Waals surface area contributed by atoms with Gasteiger partial charge in [-0.2, -0.15) is 0 Å². The van der Waals surface area contributed by atoms with E-state index in [2.05, 4.69) is 10.2 Å². The molecule has 1 saturated carbocycles. The fourth-order valence-corrected chi connectivity index (χ4v) is 4.28. The van der Waals surface area contributed by atoms with Crippen molar-refractivity contribution in [2.75, 3.05) is 26.2 Å². The van der Waals surface area contributed by atoms with E-state index < -0.39 is 0 Å². The van der Waals surface area contributed by atoms with E-state index in [-0.39, 0.29) is 0 Å². The van der Waals surface area contributed by atoms with Gasteiger partial charge in [0.15, 0.2) is 0 Å². The highest BCUT2D eigenvalue weighted by Crippen LogP contribution is 2.39. The molecule has 2 heterocycles. The van der Waals surface area contributed by atoms with Crippen LogP contribution in [0, 0.1) is 11.3 Å². The number of hydrogen-bond donors (Lipinski definition) is 1. The van der Waals surface area contributed by atoms with Gasteiger partial charge in [0.2, 0.25) is 5.91 Å². The normalized spacial score (nSPS) is 27.9. The first-order chi connectivity index (χ1) is 9.27. The minimum Gasteiger partial charge on any atom is -0.342 e. The summed E-state index contributed by atoms with van der Waals surface area (Å²) in [6, 6.07) is 0. The number of piperidine rings is 1. The number of likely N-dealkylation sites (tertiary alicyclic amines) is 1. The van der Waals surface area contributed by atoms with Crippen LogP contribution in [-0.2, 0) is 4.79 Å². The zero-order chi connectivity index (χ0) is 13.1. The molecule has 1 amide bonds. The van der Waals surface area contributed by atoms with Crippen LogP contribution in [0.3, 0.4) is 0 Å². The van der Waals surface area contributed by atoms with Crippen molar-refractivity contribution < 1.29 is 4.79 Å². The summed E-state index contributed by atoms with van der Waals surface area (Å²) in [5.74, 6) is 1.13. The number of nitrogens with one attached hydrogen (secondary N) is 1. The Morgan fingerprint density at radius 1 is 1.11 bits per heavy atom. The third-order valence-corrected chi connectivity index (χ3v) is 5.64. The highest BCUT2D eigenvalue weighted by atomic mass is 16.2. The Balaban J connectivity index is 1.50. The first-order valence-electron chi connectivity index (χ1n) is 8.26. The lowest BCUT2D eigenvalue weighted by Crippen LogP contribution is -2.40. The second kappa shape index (κ2) is 5.82. The molecular weight excluding hydrogens is 236 g/mol. The summed E-state index contributed by atoms with van der Waals surface area (Å²) in [6.07, 6.45) is 11.2. The number of rotatable bonds is 2. The summed E-state index contributed by atoms with van der Waals surface area (Å²) < 4.78 is 0. The zero-order valence-corrected chi connectivity index (χ0v) is 12.1. The number of nitrogens with zero attached hydrogens (tertiary/aromatic N) is 1. The van der Waals surface area contributed by atoms with Gasteiger partial charge < -0.3 is 10.2 Å². The van der Waals surface area contributed by atoms with Crippen molar-refractivity contribution in [3.63, 3.8) is 0 Å². The molecule has 19 heavy (non-hydrogen) atoms. The molecule has 3 fully saturated rings. The molecule has 108 valence electrons. The van der Waals surface area contributed by atoms with Crippen LogP contribution in [0.25, 0.3) is 0 Å². The molecule has 1 aliphatic carbocycles. The topological polar surface area (TPSA) is 32.3 Å². The van der Waals surface area contributed by atoms with Crippen LogP contribution < -0.4 is 5.32 Å². The summed E-state index contributed by atoms with van der Waals surface area (Å²) in [5.41, 5.74) is 0.466. The predicted molar refractivity (Wildman–Crippen MR) is 76.9 cm³/mol. The van der Waals surface area contributed by atoms with Crippen molar-refractivity contribution in [3.8, 4) is 0 Å². The van der Waals surface area contributed by atoms with Gasteiger partial charge in [0.25, 0.3) is 0 Å². The molecule has 2 aliphatic heterocycles. The molecular formula is C16H28N2O. The molecule has 0 atom stereocenters. The summed E-state index contributed by atoms with van der Waals surface area (Å²) >= 11 is 0. The molecule has 3 aliphatic rings. The maximum atomic E-state index is 12.4. The van der Waals surface area contributed by atoms with Crippen LogP contribution in [0.15, 0.2) is 0 Å². The van der Waals surface area contributed by atoms with E-state index in [1.54, 1.807) is 0 Å². The van der Waals surface area contributed by atoms with Crippen LogP contribution in [0.4, 0.5) is 0 Å². The Hall–Kier alpha value is -0.570. The molecule has 0 bridgehead atoms. The maximum Gasteiger partial charge on any atom is 0.222 e. The van der Waals surface area contributed by atoms with Gasteiger partial charge in [0.05, 0.1) is 0 Å². The van der Waals surface area contributed by atoms with E-state index in [0.717, 1.165) is 32.6 Å². The Kier molecular flexibility index (Phi) is 4.11. The molecule has 1 N–H and O–H groups in total. The third kappa shape index (κ3) is 3.13. The molecule has 2 saturated heterocycles. The average Bonchev–Trinajstić information content (AvgIpc) is 2.85. The van der Waals surface area contributed by atoms with Crippen molar-refractivity contribution in [2.24, 2.45) is 11.3 Å². The van der Waals surface area contributed by atoms with Crippen molar-refractivity contribution in [2.45, 2.75) is 57.8 Å². The Bertz CT molecular complexity index is 317. The fourth-order valence-electron chi connectivity index (χ4n) is 4.28. The lowest BCUT2D eigenvalue weighted by atomic mass is 9.78. The molecule has 1 spiro atoms. The van der Waals surface area contributed by atoms with Gasteiger partial charge in [0.1, 0.15) is 0 Å². The van der Waals surface area contributed by atoms with E-state index in [1.165, 1.54) is 51.4 Å². The highest BCUT2D eigenvalue weighted by molar-refractivity contribution is 5.76. The van der Waals surface area contributed by atoms with E-state index in [1.807, 2.05) is 0 Å². The molecule has 0 unspecified atom stereocenters. The SMILES string of the molecule is O=C(CC1CCCCC1)N1CCC2(CCNCC2)C1. The number of amides is 1. The van der Waals surface area contributed by atoms with Crippen molar-refractivity contribution in [1.82, 2.24) is 10.2 Å². The standard InChI is InChI=1S/C16H28N2O/c19-15(12-14-4-2-1-3-5-14)18-11-8-16(13-18)6-9-17-10-7-16/h14,17H,1-13H2. The van der Waals surface area contributed by atoms with Gasteiger partial charge in [-0.15, -0.1) is 0 Å². The molecule has 0 aromatic rings. The maximum absolute atomic E-state index is 12.4. The van der Waals surface area contributed by atoms with Crippen LogP contribution in [-0.4, -0.2) is 37.0 Å². The molecule has 0 aromatic heterocycles. The van der Waals surface area contributed by atoms with Crippen LogP contribution in [0.2, 0.25) is 0 Å². The first-order valence-corrected chi connectivity index (χ1v) is 8.26. The van der Waals surface area contributed by atoms with E-state index in [4.69, 9.17) is 0 Å². The summed E-state index contributed by atoms with van der Waals surface area (Å²) in [5, 5.41) is 3.44. The van der Waals surface area contributed by atoms with Gasteiger partial charge >= 0.3 is 0 Å². The van der Waals surface area contributed by atoms with E-state index in [0.29, 0.717) is 17.2 Å². The van der Waals surface area contributed by atoms with Crippen LogP contribution in [0.1, 0.15) is 57.8 Å². The zero-order valence-electron chi connectivity index (χ0n) is 12.1. The summed E-state index contributed by atoms with van der Waals surface area (Å²) in [6.45, 7) is 4.35. The minimum atomic E-state index is 0.447. The Morgan fingerprint density at radius 3 is 2.58 bits per heavy atom. The average molecular weight is 264 g/mol. The van der Waals surface area contributed by atoms with E-state index >= 15 is 0 Å². The van der Waals surface area contributed by atoms with Crippen LogP contribution >= 0.6 is 0 Å². The van der Waals surface area contributed by atoms with Gasteiger partial charge in [-0.05, 0) is 56.5 Å². The molecule has 3 nitrogen and oxygen atoms in total. The molecule has 3 heteroatoms. The molecule has 0 radical (unpaired) electrons. The summed E-state index contributed by atoms with van der Waals surface area (Å²) in [7, 11) is 0. The first kappa shape index (κ1) is 13.4. The van der Waals surface area contributed by atoms with Crippen molar-refractivity contribution >= 4 is 5.91 Å². The van der Waals surface area contributed by atoms with Crippen LogP contribution in [0.5, 0.6) is 0 Å². The lowest BCUT2D eigenvalue weighted by molar-refractivity contribution is -0.131. The third-order valence-electron chi connectivity index (χ3n) is 5.64. The largest absolute Gasteiger partial charge is 0.342 e. The number of carbonyl (C=O) groups excluding carboxylic acids is 1. The van der Waals surface area contributed by atoms with E-state index in [9.17, 15) is 4.79 Å². The Morgan fingerprint density at radius 2 is 1.84 bits per heavy atom. The lowest BCUT2D eigenvalue weighted by Gasteiger charge is -2.34. The van der Waals surface area contributed by atoms with Gasteiger partial charge in [0, 0.05) is 19.5 Å². The summed E-state index contributed by atoms with van der Waals surface area (Å²) in [4.78, 5) is 14.6. The number of hydrogen-bond acceptors (Lipinski definition) is 2. The monoisotopic (exact) mass is 264 g/mol. The Labute approximate surface area is 117 Å². The second-order valence-corrected chi connectivity index (χ2v) is 7.02.